The number of hydrogen-bond acceptors (Lipinski definition) is 3. The van der Waals surface area contributed by atoms with Gasteiger partial charge in [-0.15, -0.1) is 0 Å². The highest BCUT2D eigenvalue weighted by Crippen LogP contribution is 2.52. The standard InChI is InChI=1S/C16H30N2O/c1-4-18-8-5-12(6-9-18)11-17-14-13-7-10-19-15(13)16(14,2)3/h12-15,17H,4-11H2,1-3H3. The maximum absolute atomic E-state index is 5.87. The third kappa shape index (κ3) is 2.45. The summed E-state index contributed by atoms with van der Waals surface area (Å²) in [7, 11) is 0. The Labute approximate surface area is 118 Å². The van der Waals surface area contributed by atoms with Crippen LogP contribution in [0.25, 0.3) is 0 Å². The number of ether oxygens (including phenoxy) is 1. The molecule has 3 fully saturated rings. The summed E-state index contributed by atoms with van der Waals surface area (Å²) in [6.45, 7) is 13.0. The molecule has 1 saturated carbocycles. The van der Waals surface area contributed by atoms with Gasteiger partial charge in [0.15, 0.2) is 0 Å². The zero-order chi connectivity index (χ0) is 13.5. The molecule has 3 aliphatic rings. The van der Waals surface area contributed by atoms with Crippen LogP contribution >= 0.6 is 0 Å². The SMILES string of the molecule is CCN1CCC(CNC2C3CCOC3C2(C)C)CC1. The highest BCUT2D eigenvalue weighted by Gasteiger charge is 2.58. The molecule has 19 heavy (non-hydrogen) atoms. The van der Waals surface area contributed by atoms with Crippen molar-refractivity contribution in [2.75, 3.05) is 32.8 Å². The Morgan fingerprint density at radius 2 is 1.95 bits per heavy atom. The van der Waals surface area contributed by atoms with Crippen molar-refractivity contribution in [3.63, 3.8) is 0 Å². The molecule has 3 nitrogen and oxygen atoms in total. The fraction of sp³-hybridized carbons (Fsp3) is 1.00. The molecule has 0 spiro atoms. The van der Waals surface area contributed by atoms with Crippen molar-refractivity contribution in [3.8, 4) is 0 Å². The predicted octanol–water partition coefficient (Wildman–Crippen LogP) is 2.12. The molecule has 0 aromatic rings. The van der Waals surface area contributed by atoms with E-state index in [1.165, 1.54) is 45.4 Å². The van der Waals surface area contributed by atoms with Crippen molar-refractivity contribution in [3.05, 3.63) is 0 Å². The lowest BCUT2D eigenvalue weighted by Gasteiger charge is -2.55. The second-order valence-corrected chi connectivity index (χ2v) is 7.33. The summed E-state index contributed by atoms with van der Waals surface area (Å²) >= 11 is 0. The minimum absolute atomic E-state index is 0.339. The van der Waals surface area contributed by atoms with E-state index >= 15 is 0 Å². The molecule has 3 unspecified atom stereocenters. The van der Waals surface area contributed by atoms with Crippen LogP contribution in [0.3, 0.4) is 0 Å². The molecular weight excluding hydrogens is 236 g/mol. The lowest BCUT2D eigenvalue weighted by atomic mass is 9.57. The third-order valence-electron chi connectivity index (χ3n) is 5.88. The zero-order valence-corrected chi connectivity index (χ0v) is 12.8. The summed E-state index contributed by atoms with van der Waals surface area (Å²) in [4.78, 5) is 2.57. The number of nitrogens with one attached hydrogen (secondary N) is 1. The van der Waals surface area contributed by atoms with E-state index in [1.807, 2.05) is 0 Å². The van der Waals surface area contributed by atoms with Crippen LogP contribution in [0.2, 0.25) is 0 Å². The van der Waals surface area contributed by atoms with Gasteiger partial charge in [-0.05, 0) is 51.4 Å². The van der Waals surface area contributed by atoms with Gasteiger partial charge in [0.05, 0.1) is 6.10 Å². The van der Waals surface area contributed by atoms with E-state index in [2.05, 4.69) is 31.0 Å². The molecule has 2 heterocycles. The molecule has 1 aliphatic carbocycles. The molecule has 2 aliphatic heterocycles. The van der Waals surface area contributed by atoms with Crippen molar-refractivity contribution in [1.29, 1.82) is 0 Å². The first-order valence-corrected chi connectivity index (χ1v) is 8.20. The molecule has 1 N–H and O–H groups in total. The summed E-state index contributed by atoms with van der Waals surface area (Å²) in [5.74, 6) is 1.67. The largest absolute Gasteiger partial charge is 0.377 e. The van der Waals surface area contributed by atoms with Crippen molar-refractivity contribution < 1.29 is 4.74 Å². The van der Waals surface area contributed by atoms with Gasteiger partial charge in [0.2, 0.25) is 0 Å². The second-order valence-electron chi connectivity index (χ2n) is 7.33. The Hall–Kier alpha value is -0.120. The molecule has 0 aromatic heterocycles. The van der Waals surface area contributed by atoms with E-state index in [0.29, 0.717) is 17.6 Å². The van der Waals surface area contributed by atoms with Crippen LogP contribution in [0, 0.1) is 17.3 Å². The van der Waals surface area contributed by atoms with Gasteiger partial charge < -0.3 is 15.0 Å². The summed E-state index contributed by atoms with van der Waals surface area (Å²) in [5.41, 5.74) is 0.339. The average Bonchev–Trinajstić information content (AvgIpc) is 2.86. The lowest BCUT2D eigenvalue weighted by molar-refractivity contribution is -0.113. The number of fused-ring (bicyclic) bond motifs is 1. The Kier molecular flexibility index (Phi) is 3.89. The van der Waals surface area contributed by atoms with Crippen LogP contribution in [-0.4, -0.2) is 49.8 Å². The van der Waals surface area contributed by atoms with Gasteiger partial charge >= 0.3 is 0 Å². The summed E-state index contributed by atoms with van der Waals surface area (Å²) in [6, 6.07) is 0.684. The molecule has 0 radical (unpaired) electrons. The van der Waals surface area contributed by atoms with Crippen LogP contribution in [0.4, 0.5) is 0 Å². The predicted molar refractivity (Wildman–Crippen MR) is 78.3 cm³/mol. The van der Waals surface area contributed by atoms with Crippen molar-refractivity contribution in [2.45, 2.75) is 52.2 Å². The average molecular weight is 266 g/mol. The van der Waals surface area contributed by atoms with E-state index in [4.69, 9.17) is 4.74 Å². The topological polar surface area (TPSA) is 24.5 Å². The lowest BCUT2D eigenvalue weighted by Crippen LogP contribution is -2.66. The van der Waals surface area contributed by atoms with E-state index < -0.39 is 0 Å². The van der Waals surface area contributed by atoms with Crippen molar-refractivity contribution in [1.82, 2.24) is 10.2 Å². The quantitative estimate of drug-likeness (QED) is 0.843. The van der Waals surface area contributed by atoms with Gasteiger partial charge in [-0.2, -0.15) is 0 Å². The zero-order valence-electron chi connectivity index (χ0n) is 12.8. The first-order chi connectivity index (χ1) is 9.13. The fourth-order valence-corrected chi connectivity index (χ4v) is 4.54. The van der Waals surface area contributed by atoms with Gasteiger partial charge in [0, 0.05) is 24.0 Å². The van der Waals surface area contributed by atoms with Crippen molar-refractivity contribution >= 4 is 0 Å². The first-order valence-electron chi connectivity index (χ1n) is 8.20. The molecule has 3 rings (SSSR count). The molecule has 3 heteroatoms. The minimum Gasteiger partial charge on any atom is -0.377 e. The van der Waals surface area contributed by atoms with Crippen LogP contribution in [0.15, 0.2) is 0 Å². The fourth-order valence-electron chi connectivity index (χ4n) is 4.54. The number of rotatable bonds is 4. The Balaban J connectivity index is 1.45. The maximum Gasteiger partial charge on any atom is 0.0685 e. The van der Waals surface area contributed by atoms with Gasteiger partial charge in [-0.1, -0.05) is 20.8 Å². The van der Waals surface area contributed by atoms with Gasteiger partial charge in [0.25, 0.3) is 0 Å². The smallest absolute Gasteiger partial charge is 0.0685 e. The van der Waals surface area contributed by atoms with E-state index in [-0.39, 0.29) is 0 Å². The first kappa shape index (κ1) is 13.8. The highest BCUT2D eigenvalue weighted by molar-refractivity contribution is 5.11. The Morgan fingerprint density at radius 1 is 1.21 bits per heavy atom. The van der Waals surface area contributed by atoms with Crippen LogP contribution in [0.5, 0.6) is 0 Å². The molecule has 3 atom stereocenters. The molecule has 0 amide bonds. The highest BCUT2D eigenvalue weighted by atomic mass is 16.5. The van der Waals surface area contributed by atoms with Crippen molar-refractivity contribution in [2.24, 2.45) is 17.3 Å². The second kappa shape index (κ2) is 5.34. The van der Waals surface area contributed by atoms with Crippen LogP contribution < -0.4 is 5.32 Å². The number of likely N-dealkylation sites (tertiary alicyclic amines) is 1. The number of nitrogens with zero attached hydrogens (tertiary/aromatic N) is 1. The summed E-state index contributed by atoms with van der Waals surface area (Å²) in [6.07, 6.45) is 4.53. The Morgan fingerprint density at radius 3 is 2.63 bits per heavy atom. The summed E-state index contributed by atoms with van der Waals surface area (Å²) in [5, 5.41) is 3.88. The van der Waals surface area contributed by atoms with Crippen LogP contribution in [-0.2, 0) is 4.74 Å². The molecular formula is C16H30N2O. The van der Waals surface area contributed by atoms with Crippen LogP contribution in [0.1, 0.15) is 40.0 Å². The van der Waals surface area contributed by atoms with Gasteiger partial charge in [-0.3, -0.25) is 0 Å². The normalized spacial score (nSPS) is 39.0. The van der Waals surface area contributed by atoms with E-state index in [9.17, 15) is 0 Å². The van der Waals surface area contributed by atoms with Gasteiger partial charge in [0.1, 0.15) is 0 Å². The van der Waals surface area contributed by atoms with E-state index in [1.54, 1.807) is 0 Å². The maximum atomic E-state index is 5.87. The molecule has 2 saturated heterocycles. The number of piperidine rings is 1. The van der Waals surface area contributed by atoms with E-state index in [0.717, 1.165) is 18.4 Å². The minimum atomic E-state index is 0.339. The Bertz CT molecular complexity index is 310. The summed E-state index contributed by atoms with van der Waals surface area (Å²) < 4.78 is 5.87. The number of hydrogen-bond donors (Lipinski definition) is 1. The molecule has 0 aromatic carbocycles. The van der Waals surface area contributed by atoms with Gasteiger partial charge in [-0.25, -0.2) is 0 Å². The monoisotopic (exact) mass is 266 g/mol. The third-order valence-corrected chi connectivity index (χ3v) is 5.88. The molecule has 0 bridgehead atoms. The molecule has 110 valence electrons.